The Balaban J connectivity index is 1.49. The van der Waals surface area contributed by atoms with Crippen LogP contribution in [0, 0.1) is 18.6 Å². The van der Waals surface area contributed by atoms with Crippen LogP contribution in [-0.4, -0.2) is 41.0 Å². The third kappa shape index (κ3) is 5.02. The third-order valence-corrected chi connectivity index (χ3v) is 5.93. The van der Waals surface area contributed by atoms with Gasteiger partial charge in [0.1, 0.15) is 6.61 Å². The largest absolute Gasteiger partial charge is 0.485 e. The molecule has 1 fully saturated rings. The van der Waals surface area contributed by atoms with Gasteiger partial charge in [-0.3, -0.25) is 4.79 Å². The van der Waals surface area contributed by atoms with E-state index in [0.717, 1.165) is 11.1 Å². The highest BCUT2D eigenvalue weighted by Gasteiger charge is 2.25. The number of benzene rings is 2. The molecule has 3 N–H and O–H groups in total. The van der Waals surface area contributed by atoms with Crippen molar-refractivity contribution in [2.45, 2.75) is 39.5 Å². The van der Waals surface area contributed by atoms with Crippen molar-refractivity contribution < 1.29 is 18.3 Å². The Bertz CT molecular complexity index is 1190. The number of pyridine rings is 1. The fourth-order valence-corrected chi connectivity index (χ4v) is 4.16. The lowest BCUT2D eigenvalue weighted by atomic mass is 10.0. The van der Waals surface area contributed by atoms with E-state index < -0.39 is 11.6 Å². The number of aromatic nitrogens is 1. The summed E-state index contributed by atoms with van der Waals surface area (Å²) in [6.07, 6.45) is 1.60. The predicted octanol–water partition coefficient (Wildman–Crippen LogP) is 4.32. The van der Waals surface area contributed by atoms with Crippen molar-refractivity contribution in [2.24, 2.45) is 0 Å². The summed E-state index contributed by atoms with van der Waals surface area (Å²) in [7, 11) is 0. The summed E-state index contributed by atoms with van der Waals surface area (Å²) in [5.41, 5.74) is 8.41. The van der Waals surface area contributed by atoms with Crippen LogP contribution in [0.2, 0.25) is 0 Å². The Morgan fingerprint density at radius 1 is 1.09 bits per heavy atom. The molecule has 6 nitrogen and oxygen atoms in total. The molecule has 1 aromatic heterocycles. The van der Waals surface area contributed by atoms with Gasteiger partial charge in [-0.15, -0.1) is 0 Å². The van der Waals surface area contributed by atoms with Gasteiger partial charge in [-0.25, -0.2) is 13.8 Å². The number of hydrogen-bond acceptors (Lipinski definition) is 5. The lowest BCUT2D eigenvalue weighted by Crippen LogP contribution is -2.55. The summed E-state index contributed by atoms with van der Waals surface area (Å²) >= 11 is 0. The maximum atomic E-state index is 14.2. The maximum absolute atomic E-state index is 14.2. The van der Waals surface area contributed by atoms with Crippen LogP contribution >= 0.6 is 0 Å². The standard InChI is InChI=1S/C26H28F2N4O2/c1-15-4-5-20(24(28)23(15)27)14-34-22-10-21(11-30-25(22)29)18-6-8-19(9-7-18)26(33)32-12-16(2)31-17(3)13-32/h4-11,16-17,31H,12-14H2,1-3H3,(H2,29,30). The highest BCUT2D eigenvalue weighted by atomic mass is 19.2. The number of halogens is 2. The molecule has 1 aliphatic heterocycles. The number of piperazine rings is 1. The van der Waals surface area contributed by atoms with Gasteiger partial charge < -0.3 is 20.7 Å². The second-order valence-electron chi connectivity index (χ2n) is 8.82. The lowest BCUT2D eigenvalue weighted by Gasteiger charge is -2.36. The molecule has 2 heterocycles. The first-order valence-corrected chi connectivity index (χ1v) is 11.2. The van der Waals surface area contributed by atoms with Crippen molar-refractivity contribution in [1.82, 2.24) is 15.2 Å². The second-order valence-corrected chi connectivity index (χ2v) is 8.82. The summed E-state index contributed by atoms with van der Waals surface area (Å²) < 4.78 is 33.6. The minimum atomic E-state index is -0.934. The number of carbonyl (C=O) groups excluding carboxylic acids is 1. The first-order chi connectivity index (χ1) is 16.2. The predicted molar refractivity (Wildman–Crippen MR) is 127 cm³/mol. The monoisotopic (exact) mass is 466 g/mol. The number of hydrogen-bond donors (Lipinski definition) is 2. The van der Waals surface area contributed by atoms with Gasteiger partial charge in [-0.1, -0.05) is 24.3 Å². The quantitative estimate of drug-likeness (QED) is 0.586. The molecule has 0 aliphatic carbocycles. The number of anilines is 1. The number of aryl methyl sites for hydroxylation is 1. The molecule has 1 amide bonds. The number of amides is 1. The molecule has 4 rings (SSSR count). The minimum absolute atomic E-state index is 0.00133. The van der Waals surface area contributed by atoms with E-state index in [9.17, 15) is 13.6 Å². The van der Waals surface area contributed by atoms with Gasteiger partial charge in [0.05, 0.1) is 0 Å². The van der Waals surface area contributed by atoms with Crippen molar-refractivity contribution in [3.63, 3.8) is 0 Å². The van der Waals surface area contributed by atoms with E-state index in [4.69, 9.17) is 10.5 Å². The third-order valence-electron chi connectivity index (χ3n) is 5.93. The van der Waals surface area contributed by atoms with Crippen LogP contribution in [0.15, 0.2) is 48.7 Å². The molecule has 0 bridgehead atoms. The van der Waals surface area contributed by atoms with Crippen molar-refractivity contribution in [3.8, 4) is 16.9 Å². The Morgan fingerprint density at radius 2 is 1.76 bits per heavy atom. The van der Waals surface area contributed by atoms with E-state index in [-0.39, 0.29) is 47.3 Å². The molecule has 0 spiro atoms. The minimum Gasteiger partial charge on any atom is -0.485 e. The van der Waals surface area contributed by atoms with Gasteiger partial charge in [0.15, 0.2) is 23.2 Å². The van der Waals surface area contributed by atoms with Crippen LogP contribution in [0.4, 0.5) is 14.6 Å². The Labute approximate surface area is 197 Å². The first-order valence-electron chi connectivity index (χ1n) is 11.2. The molecule has 1 aliphatic rings. The van der Waals surface area contributed by atoms with Crippen LogP contribution < -0.4 is 15.8 Å². The van der Waals surface area contributed by atoms with Gasteiger partial charge in [0.2, 0.25) is 0 Å². The number of nitrogens with one attached hydrogen (secondary N) is 1. The molecule has 2 atom stereocenters. The molecule has 178 valence electrons. The summed E-state index contributed by atoms with van der Waals surface area (Å²) in [4.78, 5) is 19.0. The van der Waals surface area contributed by atoms with E-state index >= 15 is 0 Å². The van der Waals surface area contributed by atoms with Gasteiger partial charge in [0, 0.05) is 48.1 Å². The number of nitrogens with zero attached hydrogens (tertiary/aromatic N) is 2. The van der Waals surface area contributed by atoms with E-state index in [2.05, 4.69) is 24.1 Å². The van der Waals surface area contributed by atoms with Crippen LogP contribution in [0.5, 0.6) is 5.75 Å². The molecule has 2 aromatic carbocycles. The smallest absolute Gasteiger partial charge is 0.253 e. The molecule has 3 aromatic rings. The summed E-state index contributed by atoms with van der Waals surface area (Å²) in [6.45, 7) is 6.77. The van der Waals surface area contributed by atoms with Crippen LogP contribution in [0.25, 0.3) is 11.1 Å². The van der Waals surface area contributed by atoms with Crippen molar-refractivity contribution in [2.75, 3.05) is 18.8 Å². The zero-order valence-corrected chi connectivity index (χ0v) is 19.4. The van der Waals surface area contributed by atoms with Gasteiger partial charge in [-0.2, -0.15) is 0 Å². The normalized spacial score (nSPS) is 18.1. The maximum Gasteiger partial charge on any atom is 0.253 e. The Hall–Kier alpha value is -3.52. The number of rotatable bonds is 5. The number of ether oxygens (including phenoxy) is 1. The number of nitrogens with two attached hydrogens (primary N) is 1. The van der Waals surface area contributed by atoms with Gasteiger partial charge in [-0.05, 0) is 50.1 Å². The fourth-order valence-electron chi connectivity index (χ4n) is 4.16. The Morgan fingerprint density at radius 3 is 2.44 bits per heavy atom. The molecule has 2 unspecified atom stereocenters. The number of carbonyl (C=O) groups is 1. The van der Waals surface area contributed by atoms with Crippen LogP contribution in [-0.2, 0) is 6.61 Å². The topological polar surface area (TPSA) is 80.5 Å². The Kier molecular flexibility index (Phi) is 6.79. The summed E-state index contributed by atoms with van der Waals surface area (Å²) in [6, 6.07) is 12.4. The molecular weight excluding hydrogens is 438 g/mol. The molecule has 34 heavy (non-hydrogen) atoms. The molecular formula is C26H28F2N4O2. The first kappa shape index (κ1) is 23.6. The van der Waals surface area contributed by atoms with Gasteiger partial charge >= 0.3 is 0 Å². The zero-order chi connectivity index (χ0) is 24.4. The van der Waals surface area contributed by atoms with E-state index in [1.54, 1.807) is 24.4 Å². The highest BCUT2D eigenvalue weighted by Crippen LogP contribution is 2.29. The number of nitrogen functional groups attached to an aromatic ring is 1. The van der Waals surface area contributed by atoms with Crippen molar-refractivity contribution in [1.29, 1.82) is 0 Å². The SMILES string of the molecule is Cc1ccc(COc2cc(-c3ccc(C(=O)N4CC(C)NC(C)C4)cc3)cnc2N)c(F)c1F. The molecule has 1 saturated heterocycles. The lowest BCUT2D eigenvalue weighted by molar-refractivity contribution is 0.0674. The average Bonchev–Trinajstić information content (AvgIpc) is 2.82. The summed E-state index contributed by atoms with van der Waals surface area (Å²) in [5.74, 6) is -1.41. The zero-order valence-electron chi connectivity index (χ0n) is 19.4. The molecule has 0 radical (unpaired) electrons. The second kappa shape index (κ2) is 9.77. The average molecular weight is 467 g/mol. The molecule has 8 heteroatoms. The van der Waals surface area contributed by atoms with E-state index in [1.165, 1.54) is 19.1 Å². The van der Waals surface area contributed by atoms with Crippen molar-refractivity contribution >= 4 is 11.7 Å². The highest BCUT2D eigenvalue weighted by molar-refractivity contribution is 5.95. The van der Waals surface area contributed by atoms with E-state index in [0.29, 0.717) is 18.7 Å². The molecule has 0 saturated carbocycles. The van der Waals surface area contributed by atoms with Crippen molar-refractivity contribution in [3.05, 3.63) is 77.0 Å². The van der Waals surface area contributed by atoms with E-state index in [1.807, 2.05) is 17.0 Å². The van der Waals surface area contributed by atoms with Crippen LogP contribution in [0.3, 0.4) is 0 Å². The van der Waals surface area contributed by atoms with Crippen LogP contribution in [0.1, 0.15) is 35.3 Å². The van der Waals surface area contributed by atoms with Gasteiger partial charge in [0.25, 0.3) is 5.91 Å². The summed E-state index contributed by atoms with van der Waals surface area (Å²) in [5, 5.41) is 3.42. The fraction of sp³-hybridized carbons (Fsp3) is 0.308.